The largest absolute Gasteiger partial charge is 0.310 e. The lowest BCUT2D eigenvalue weighted by molar-refractivity contribution is -0.131. The van der Waals surface area contributed by atoms with Crippen LogP contribution in [0.2, 0.25) is 0 Å². The molecule has 8 unspecified atom stereocenters. The van der Waals surface area contributed by atoms with Gasteiger partial charge in [-0.3, -0.25) is 4.79 Å². The van der Waals surface area contributed by atoms with Crippen LogP contribution in [0.4, 0.5) is 0 Å². The average Bonchev–Trinajstić information content (AvgIpc) is 3.45. The number of hydrogen-bond donors (Lipinski definition) is 1. The van der Waals surface area contributed by atoms with Crippen molar-refractivity contribution in [2.24, 2.45) is 40.4 Å². The number of allylic oxidation sites excluding steroid dienone is 4. The van der Waals surface area contributed by atoms with Crippen molar-refractivity contribution in [1.29, 1.82) is 0 Å². The van der Waals surface area contributed by atoms with Crippen molar-refractivity contribution in [2.75, 3.05) is 6.54 Å². The third kappa shape index (κ3) is 2.74. The maximum Gasteiger partial charge on any atom is 0.139 e. The molecule has 0 saturated heterocycles. The van der Waals surface area contributed by atoms with Crippen LogP contribution in [0.15, 0.2) is 35.5 Å². The fourth-order valence-corrected chi connectivity index (χ4v) is 8.36. The van der Waals surface area contributed by atoms with Crippen molar-refractivity contribution >= 4 is 5.78 Å². The third-order valence-corrected chi connectivity index (χ3v) is 10.4. The van der Waals surface area contributed by atoms with Crippen LogP contribution in [-0.2, 0) is 4.79 Å². The second-order valence-corrected chi connectivity index (χ2v) is 11.6. The Morgan fingerprint density at radius 1 is 1.10 bits per heavy atom. The molecule has 2 nitrogen and oxygen atoms in total. The maximum atomic E-state index is 12.6. The van der Waals surface area contributed by atoms with Gasteiger partial charge >= 0.3 is 0 Å². The van der Waals surface area contributed by atoms with Gasteiger partial charge in [0.05, 0.1) is 0 Å². The van der Waals surface area contributed by atoms with Gasteiger partial charge in [-0.1, -0.05) is 49.3 Å². The zero-order chi connectivity index (χ0) is 19.8. The average molecular weight is 392 g/mol. The maximum absolute atomic E-state index is 12.6. The standard InChI is InChI=1S/C27H37NO/c1-26-12-10-20(28-16-18-5-3-4-17-14-22(17)18)15-19(26)6-7-21-23-8-9-25(29)27(23,2)13-11-24(21)26/h3-6,17,20-24,28H,7-16H2,1-2H3. The molecule has 0 spiro atoms. The molecule has 8 atom stereocenters. The SMILES string of the molecule is CC12CCC3C(CC=C4CC(NCC5=CC=CC6CC56)CCC43C)C1CCC2=O. The van der Waals surface area contributed by atoms with Gasteiger partial charge in [0, 0.05) is 24.4 Å². The molecule has 0 aromatic carbocycles. The molecule has 4 saturated carbocycles. The van der Waals surface area contributed by atoms with Gasteiger partial charge < -0.3 is 5.32 Å². The summed E-state index contributed by atoms with van der Waals surface area (Å²) in [6.07, 6.45) is 20.6. The van der Waals surface area contributed by atoms with E-state index in [9.17, 15) is 4.79 Å². The van der Waals surface area contributed by atoms with Crippen LogP contribution < -0.4 is 5.32 Å². The van der Waals surface area contributed by atoms with Crippen molar-refractivity contribution in [3.05, 3.63) is 35.5 Å². The monoisotopic (exact) mass is 391 g/mol. The van der Waals surface area contributed by atoms with Gasteiger partial charge in [0.2, 0.25) is 0 Å². The van der Waals surface area contributed by atoms with Crippen molar-refractivity contribution in [3.8, 4) is 0 Å². The van der Waals surface area contributed by atoms with Gasteiger partial charge in [-0.2, -0.15) is 0 Å². The van der Waals surface area contributed by atoms with E-state index in [1.807, 2.05) is 0 Å². The second kappa shape index (κ2) is 6.42. The Labute approximate surface area is 176 Å². The van der Waals surface area contributed by atoms with Crippen LogP contribution in [0, 0.1) is 40.4 Å². The van der Waals surface area contributed by atoms with Crippen molar-refractivity contribution < 1.29 is 4.79 Å². The molecule has 0 radical (unpaired) electrons. The van der Waals surface area contributed by atoms with E-state index >= 15 is 0 Å². The highest BCUT2D eigenvalue weighted by molar-refractivity contribution is 5.87. The Bertz CT molecular complexity index is 820. The lowest BCUT2D eigenvalue weighted by Gasteiger charge is -2.57. The van der Waals surface area contributed by atoms with E-state index in [1.54, 1.807) is 11.1 Å². The molecule has 2 heteroatoms. The summed E-state index contributed by atoms with van der Waals surface area (Å²) in [4.78, 5) is 12.6. The molecule has 0 aliphatic heterocycles. The fourth-order valence-electron chi connectivity index (χ4n) is 8.36. The van der Waals surface area contributed by atoms with E-state index in [1.165, 1.54) is 38.5 Å². The third-order valence-electron chi connectivity index (χ3n) is 10.4. The van der Waals surface area contributed by atoms with E-state index in [0.717, 1.165) is 49.5 Å². The van der Waals surface area contributed by atoms with Crippen molar-refractivity contribution in [1.82, 2.24) is 5.32 Å². The lowest BCUT2D eigenvalue weighted by atomic mass is 9.48. The molecule has 4 fully saturated rings. The van der Waals surface area contributed by atoms with E-state index in [-0.39, 0.29) is 5.41 Å². The molecule has 29 heavy (non-hydrogen) atoms. The first-order valence-electron chi connectivity index (χ1n) is 12.3. The molecule has 6 aliphatic carbocycles. The van der Waals surface area contributed by atoms with E-state index in [4.69, 9.17) is 0 Å². The Balaban J connectivity index is 1.16. The molecule has 0 bridgehead atoms. The van der Waals surface area contributed by atoms with E-state index < -0.39 is 0 Å². The van der Waals surface area contributed by atoms with Crippen LogP contribution in [0.5, 0.6) is 0 Å². The summed E-state index contributed by atoms with van der Waals surface area (Å²) < 4.78 is 0. The van der Waals surface area contributed by atoms with Crippen LogP contribution >= 0.6 is 0 Å². The first-order valence-corrected chi connectivity index (χ1v) is 12.3. The summed E-state index contributed by atoms with van der Waals surface area (Å²) in [5, 5.41) is 3.93. The van der Waals surface area contributed by atoms with E-state index in [0.29, 0.717) is 23.2 Å². The molecule has 0 amide bonds. The summed E-state index contributed by atoms with van der Waals surface area (Å²) in [5.41, 5.74) is 3.78. The molecule has 156 valence electrons. The molecule has 0 aromatic rings. The Kier molecular flexibility index (Phi) is 4.12. The van der Waals surface area contributed by atoms with Gasteiger partial charge in [0.15, 0.2) is 0 Å². The minimum Gasteiger partial charge on any atom is -0.310 e. The quantitative estimate of drug-likeness (QED) is 0.634. The molecular weight excluding hydrogens is 354 g/mol. The van der Waals surface area contributed by atoms with Gasteiger partial charge in [-0.15, -0.1) is 0 Å². The number of Topliss-reactive ketones (excluding diaryl/α,β-unsaturated/α-hetero) is 1. The highest BCUT2D eigenvalue weighted by atomic mass is 16.1. The van der Waals surface area contributed by atoms with Gasteiger partial charge in [0.25, 0.3) is 0 Å². The summed E-state index contributed by atoms with van der Waals surface area (Å²) in [6.45, 7) is 5.97. The summed E-state index contributed by atoms with van der Waals surface area (Å²) in [5.74, 6) is 4.48. The van der Waals surface area contributed by atoms with Crippen molar-refractivity contribution in [2.45, 2.75) is 77.7 Å². The zero-order valence-electron chi connectivity index (χ0n) is 18.3. The van der Waals surface area contributed by atoms with Crippen LogP contribution in [0.3, 0.4) is 0 Å². The fraction of sp³-hybridized carbons (Fsp3) is 0.741. The predicted octanol–water partition coefficient (Wildman–Crippen LogP) is 5.61. The number of ketones is 1. The summed E-state index contributed by atoms with van der Waals surface area (Å²) >= 11 is 0. The first-order chi connectivity index (χ1) is 14.0. The molecule has 6 rings (SSSR count). The topological polar surface area (TPSA) is 29.1 Å². The van der Waals surface area contributed by atoms with Crippen LogP contribution in [0.1, 0.15) is 71.6 Å². The minimum atomic E-state index is 0.00443. The molecule has 0 heterocycles. The summed E-state index contributed by atoms with van der Waals surface area (Å²) in [7, 11) is 0. The van der Waals surface area contributed by atoms with Crippen molar-refractivity contribution in [3.63, 3.8) is 0 Å². The number of hydrogen-bond acceptors (Lipinski definition) is 2. The first kappa shape index (κ1) is 18.6. The number of rotatable bonds is 3. The Morgan fingerprint density at radius 2 is 1.93 bits per heavy atom. The number of carbonyl (C=O) groups is 1. The highest BCUT2D eigenvalue weighted by Gasteiger charge is 2.58. The van der Waals surface area contributed by atoms with Gasteiger partial charge in [-0.25, -0.2) is 0 Å². The van der Waals surface area contributed by atoms with Crippen LogP contribution in [0.25, 0.3) is 0 Å². The van der Waals surface area contributed by atoms with E-state index in [2.05, 4.69) is 43.5 Å². The summed E-state index contributed by atoms with van der Waals surface area (Å²) in [6, 6.07) is 0.650. The Hall–Kier alpha value is -1.15. The number of carbonyl (C=O) groups excluding carboxylic acids is 1. The Morgan fingerprint density at radius 3 is 2.83 bits per heavy atom. The minimum absolute atomic E-state index is 0.00443. The number of nitrogens with one attached hydrogen (secondary N) is 1. The smallest absolute Gasteiger partial charge is 0.139 e. The molecule has 0 aromatic heterocycles. The predicted molar refractivity (Wildman–Crippen MR) is 117 cm³/mol. The van der Waals surface area contributed by atoms with Crippen LogP contribution in [-0.4, -0.2) is 18.4 Å². The van der Waals surface area contributed by atoms with Gasteiger partial charge in [-0.05, 0) is 86.4 Å². The highest BCUT2D eigenvalue weighted by Crippen LogP contribution is 2.64. The molecular formula is C27H37NO. The normalized spacial score (nSPS) is 50.1. The van der Waals surface area contributed by atoms with Gasteiger partial charge in [0.1, 0.15) is 5.78 Å². The lowest BCUT2D eigenvalue weighted by Crippen LogP contribution is -2.51. The number of fused-ring (bicyclic) bond motifs is 6. The second-order valence-electron chi connectivity index (χ2n) is 11.6. The zero-order valence-corrected chi connectivity index (χ0v) is 18.3. The molecule has 1 N–H and O–H groups in total. The molecule has 6 aliphatic rings.